The number of anilines is 1. The monoisotopic (exact) mass is 842 g/mol. The van der Waals surface area contributed by atoms with Gasteiger partial charge in [-0.1, -0.05) is 32.0 Å². The Hall–Kier alpha value is -4.16. The number of aliphatic hydroxyl groups is 1. The van der Waals surface area contributed by atoms with Crippen LogP contribution in [0.25, 0.3) is 27.2 Å². The third-order valence-electron chi connectivity index (χ3n) is 9.78. The Morgan fingerprint density at radius 3 is 2.51 bits per heavy atom. The lowest BCUT2D eigenvalue weighted by molar-refractivity contribution is -0.0530. The van der Waals surface area contributed by atoms with Crippen molar-refractivity contribution in [2.24, 2.45) is 11.8 Å². The van der Waals surface area contributed by atoms with Gasteiger partial charge < -0.3 is 52.5 Å². The summed E-state index contributed by atoms with van der Waals surface area (Å²) in [6.45, 7) is 8.58. The molecule has 3 N–H and O–H groups in total. The van der Waals surface area contributed by atoms with Gasteiger partial charge in [-0.05, 0) is 30.9 Å². The van der Waals surface area contributed by atoms with Crippen molar-refractivity contribution in [2.45, 2.75) is 57.6 Å². The number of nitrogens with one attached hydrogen (secondary N) is 1. The average Bonchev–Trinajstić information content (AvgIpc) is 3.97. The molecule has 2 unspecified atom stereocenters. The first-order valence-electron chi connectivity index (χ1n) is 17.8. The molecule has 20 nitrogen and oxygen atoms in total. The van der Waals surface area contributed by atoms with Crippen molar-refractivity contribution >= 4 is 61.6 Å². The quantitative estimate of drug-likeness (QED) is 0.0731. The van der Waals surface area contributed by atoms with Gasteiger partial charge in [-0.3, -0.25) is 9.36 Å². The zero-order valence-corrected chi connectivity index (χ0v) is 33.8. The standard InChI is InChI=1S/C34H40N10O10P2S/c1-18-23(52-33(27(18)53-55-47)44-30-25(41-34(44)48-5)28(37-16-39-30)42-31(46)21-9-7-6-8-10-21)14-50-56(57,49-12-11-35-4)54-26-19(2)32(51-22(26)13-45)43-17-40-24-20(3)36-15-38-29(24)43/h6-10,15-19,22-23,26-27,32-33,45,47,55H,11-14H2,1-3,5H3,(H,37,39,42,46)/t18-,19-,22-,23-,26+,27-,32-,33-,56?/m1/s1. The molecule has 7 rings (SSSR count). The van der Waals surface area contributed by atoms with E-state index in [1.807, 2.05) is 20.8 Å². The van der Waals surface area contributed by atoms with Gasteiger partial charge in [0.2, 0.25) is 6.54 Å². The molecule has 0 bridgehead atoms. The number of rotatable bonds is 16. The number of hydrogen-bond acceptors (Lipinski definition) is 17. The van der Waals surface area contributed by atoms with Crippen molar-refractivity contribution in [3.63, 3.8) is 0 Å². The van der Waals surface area contributed by atoms with Crippen molar-refractivity contribution in [3.8, 4) is 6.01 Å². The van der Waals surface area contributed by atoms with Crippen molar-refractivity contribution in [1.29, 1.82) is 0 Å². The van der Waals surface area contributed by atoms with E-state index in [9.17, 15) is 14.8 Å². The first-order valence-corrected chi connectivity index (χ1v) is 21.2. The summed E-state index contributed by atoms with van der Waals surface area (Å²) in [5, 5.41) is 13.2. The van der Waals surface area contributed by atoms with Gasteiger partial charge in [-0.15, -0.1) is 0 Å². The molecule has 2 saturated heterocycles. The molecule has 0 spiro atoms. The summed E-state index contributed by atoms with van der Waals surface area (Å²) >= 11 is 5.94. The summed E-state index contributed by atoms with van der Waals surface area (Å²) in [5.41, 5.74) is 2.80. The minimum atomic E-state index is -3.66. The second-order valence-corrected chi connectivity index (χ2v) is 16.6. The Morgan fingerprint density at radius 2 is 1.77 bits per heavy atom. The number of carbonyl (C=O) groups is 1. The van der Waals surface area contributed by atoms with E-state index in [2.05, 4.69) is 40.1 Å². The zero-order chi connectivity index (χ0) is 40.3. The third kappa shape index (κ3) is 8.26. The number of aliphatic hydroxyl groups excluding tert-OH is 1. The van der Waals surface area contributed by atoms with Crippen LogP contribution in [-0.2, 0) is 39.4 Å². The fraction of sp³-hybridized carbons (Fsp3) is 0.471. The fourth-order valence-electron chi connectivity index (χ4n) is 6.88. The predicted molar refractivity (Wildman–Crippen MR) is 208 cm³/mol. The Kier molecular flexibility index (Phi) is 12.8. The van der Waals surface area contributed by atoms with Gasteiger partial charge in [0.1, 0.15) is 49.3 Å². The van der Waals surface area contributed by atoms with E-state index in [1.54, 1.807) is 45.8 Å². The number of ether oxygens (including phenoxy) is 3. The van der Waals surface area contributed by atoms with E-state index in [1.165, 1.54) is 19.8 Å². The molecule has 10 atom stereocenters. The second kappa shape index (κ2) is 17.8. The molecule has 0 aliphatic carbocycles. The van der Waals surface area contributed by atoms with Gasteiger partial charge in [0.05, 0.1) is 38.4 Å². The van der Waals surface area contributed by atoms with Crippen LogP contribution in [-0.4, -0.2) is 113 Å². The van der Waals surface area contributed by atoms with Crippen LogP contribution in [0.2, 0.25) is 0 Å². The van der Waals surface area contributed by atoms with Crippen molar-refractivity contribution in [2.75, 3.05) is 38.8 Å². The number of carbonyl (C=O) groups excluding carboxylic acids is 1. The number of aromatic nitrogens is 8. The average molecular weight is 843 g/mol. The summed E-state index contributed by atoms with van der Waals surface area (Å²) in [4.78, 5) is 52.7. The van der Waals surface area contributed by atoms with Gasteiger partial charge in [0.25, 0.3) is 5.91 Å². The zero-order valence-electron chi connectivity index (χ0n) is 31.1. The Labute approximate surface area is 333 Å². The molecule has 2 aliphatic heterocycles. The molecule has 1 amide bonds. The van der Waals surface area contributed by atoms with E-state index < -0.39 is 77.0 Å². The first-order chi connectivity index (χ1) is 27.6. The minimum Gasteiger partial charge on any atom is -0.468 e. The number of benzene rings is 1. The maximum Gasteiger partial charge on any atom is 0.327 e. The highest BCUT2D eigenvalue weighted by molar-refractivity contribution is 8.07. The molecule has 57 heavy (non-hydrogen) atoms. The SMILES string of the molecule is [C-]#[N+]CCOP(=S)(OC[C@H]1O[C@@H](n2c(OC)nc3c(NC(=O)c4ccccc4)ncnc32)[C@H](OPO)[C@@H]1C)O[C@H]1[C@@H](C)[C@H](n2cnc3c(C)ncnc32)O[C@@H]1CO. The van der Waals surface area contributed by atoms with Crippen LogP contribution in [0.5, 0.6) is 6.01 Å². The van der Waals surface area contributed by atoms with E-state index in [4.69, 9.17) is 50.7 Å². The molecule has 23 heteroatoms. The molecule has 0 radical (unpaired) electrons. The topological polar surface area (TPSA) is 226 Å². The van der Waals surface area contributed by atoms with Crippen LogP contribution in [0.3, 0.4) is 0 Å². The molecule has 302 valence electrons. The van der Waals surface area contributed by atoms with E-state index in [-0.39, 0.29) is 42.8 Å². The number of nitrogens with zero attached hydrogens (tertiary/aromatic N) is 9. The van der Waals surface area contributed by atoms with Gasteiger partial charge >= 0.3 is 12.7 Å². The Bertz CT molecular complexity index is 2300. The van der Waals surface area contributed by atoms with E-state index in [0.29, 0.717) is 22.4 Å². The lowest BCUT2D eigenvalue weighted by atomic mass is 10.0. The first kappa shape index (κ1) is 41.0. The Morgan fingerprint density at radius 1 is 1.02 bits per heavy atom. The van der Waals surface area contributed by atoms with Gasteiger partial charge in [0.15, 0.2) is 37.9 Å². The van der Waals surface area contributed by atoms with Crippen molar-refractivity contribution < 1.29 is 47.1 Å². The number of amides is 1. The summed E-state index contributed by atoms with van der Waals surface area (Å²) in [7, 11) is 0.524. The molecule has 5 aromatic rings. The summed E-state index contributed by atoms with van der Waals surface area (Å²) in [6.07, 6.45) is -0.357. The molecule has 2 fully saturated rings. The fourth-order valence-corrected chi connectivity index (χ4v) is 9.49. The minimum absolute atomic E-state index is 0.00283. The highest BCUT2D eigenvalue weighted by Crippen LogP contribution is 2.55. The highest BCUT2D eigenvalue weighted by atomic mass is 32.5. The summed E-state index contributed by atoms with van der Waals surface area (Å²) < 4.78 is 46.5. The number of imidazole rings is 2. The maximum absolute atomic E-state index is 13.0. The summed E-state index contributed by atoms with van der Waals surface area (Å²) in [5.74, 6) is -1.08. The van der Waals surface area contributed by atoms with E-state index >= 15 is 0 Å². The second-order valence-electron chi connectivity index (χ2n) is 13.2. The van der Waals surface area contributed by atoms with Crippen LogP contribution in [0.15, 0.2) is 49.3 Å². The molecule has 1 aromatic carbocycles. The highest BCUT2D eigenvalue weighted by Gasteiger charge is 2.49. The van der Waals surface area contributed by atoms with Crippen LogP contribution >= 0.6 is 15.8 Å². The smallest absolute Gasteiger partial charge is 0.327 e. The maximum atomic E-state index is 13.0. The number of fused-ring (bicyclic) bond motifs is 2. The van der Waals surface area contributed by atoms with Crippen LogP contribution in [0.1, 0.15) is 42.4 Å². The number of methoxy groups -OCH3 is 1. The van der Waals surface area contributed by atoms with Crippen LogP contribution in [0, 0.1) is 25.3 Å². The normalized spacial score (nSPS) is 26.0. The predicted octanol–water partition coefficient (Wildman–Crippen LogP) is 3.74. The molecule has 6 heterocycles. The summed E-state index contributed by atoms with van der Waals surface area (Å²) in [6, 6.07) is 8.73. The van der Waals surface area contributed by atoms with Crippen LogP contribution in [0.4, 0.5) is 5.82 Å². The molecule has 0 saturated carbocycles. The lowest BCUT2D eigenvalue weighted by Crippen LogP contribution is -2.32. The van der Waals surface area contributed by atoms with Gasteiger partial charge in [-0.2, -0.15) is 4.98 Å². The Balaban J connectivity index is 1.13. The van der Waals surface area contributed by atoms with E-state index in [0.717, 1.165) is 0 Å². The van der Waals surface area contributed by atoms with Crippen molar-refractivity contribution in [1.82, 2.24) is 39.0 Å². The molecular weight excluding hydrogens is 802 g/mol. The molecular formula is C34H40N10O10P2S. The molecule has 2 aliphatic rings. The third-order valence-corrected chi connectivity index (χ3v) is 12.5. The van der Waals surface area contributed by atoms with Crippen LogP contribution < -0.4 is 10.1 Å². The van der Waals surface area contributed by atoms with Crippen molar-refractivity contribution in [3.05, 3.63) is 72.0 Å². The number of hydrogen-bond donors (Lipinski definition) is 3. The number of aryl methyl sites for hydroxylation is 1. The molecule has 4 aromatic heterocycles. The van der Waals surface area contributed by atoms with Gasteiger partial charge in [-0.25, -0.2) is 36.1 Å². The van der Waals surface area contributed by atoms with Gasteiger partial charge in [0, 0.05) is 17.4 Å². The lowest BCUT2D eigenvalue weighted by Gasteiger charge is -2.29. The largest absolute Gasteiger partial charge is 0.468 e.